The molecule has 0 aromatic carbocycles. The van der Waals surface area contributed by atoms with Gasteiger partial charge in [0.05, 0.1) is 12.2 Å². The van der Waals surface area contributed by atoms with Crippen LogP contribution in [0.25, 0.3) is 0 Å². The highest BCUT2D eigenvalue weighted by atomic mass is 35.5. The number of halogens is 1. The van der Waals surface area contributed by atoms with Crippen molar-refractivity contribution in [3.8, 4) is 0 Å². The van der Waals surface area contributed by atoms with Crippen LogP contribution < -0.4 is 0 Å². The van der Waals surface area contributed by atoms with Crippen LogP contribution in [0.3, 0.4) is 0 Å². The van der Waals surface area contributed by atoms with Gasteiger partial charge in [0, 0.05) is 24.4 Å². The lowest BCUT2D eigenvalue weighted by Gasteiger charge is -2.14. The Labute approximate surface area is 130 Å². The fourth-order valence-electron chi connectivity index (χ4n) is 2.64. The topological polar surface area (TPSA) is 50.3 Å². The lowest BCUT2D eigenvalue weighted by Crippen LogP contribution is -2.30. The average molecular weight is 309 g/mol. The van der Waals surface area contributed by atoms with E-state index in [0.29, 0.717) is 18.8 Å². The van der Waals surface area contributed by atoms with Gasteiger partial charge in [0.1, 0.15) is 0 Å². The van der Waals surface area contributed by atoms with E-state index in [4.69, 9.17) is 11.6 Å². The number of rotatable bonds is 8. The summed E-state index contributed by atoms with van der Waals surface area (Å²) >= 11 is 5.63. The first kappa shape index (κ1) is 16.0. The number of pyridine rings is 1. The van der Waals surface area contributed by atoms with Crippen molar-refractivity contribution in [2.24, 2.45) is 5.92 Å². The maximum Gasteiger partial charge on any atom is 0.233 e. The zero-order chi connectivity index (χ0) is 15.1. The Bertz CT molecular complexity index is 478. The molecule has 1 aliphatic heterocycles. The number of likely N-dealkylation sites (tertiary alicyclic amines) is 1. The van der Waals surface area contributed by atoms with Gasteiger partial charge in [0.2, 0.25) is 11.8 Å². The highest BCUT2D eigenvalue weighted by Crippen LogP contribution is 2.26. The summed E-state index contributed by atoms with van der Waals surface area (Å²) in [7, 11) is 0. The third-order valence-electron chi connectivity index (χ3n) is 3.82. The predicted molar refractivity (Wildman–Crippen MR) is 81.7 cm³/mol. The van der Waals surface area contributed by atoms with Crippen LogP contribution in [0, 0.1) is 5.92 Å². The summed E-state index contributed by atoms with van der Waals surface area (Å²) < 4.78 is 0. The molecule has 1 saturated heterocycles. The van der Waals surface area contributed by atoms with E-state index in [1.165, 1.54) is 4.90 Å². The lowest BCUT2D eigenvalue weighted by atomic mass is 9.99. The number of carbonyl (C=O) groups is 2. The fourth-order valence-corrected chi connectivity index (χ4v) is 2.82. The van der Waals surface area contributed by atoms with Gasteiger partial charge in [-0.3, -0.25) is 19.5 Å². The number of hydrogen-bond acceptors (Lipinski definition) is 3. The monoisotopic (exact) mass is 308 g/mol. The number of hydrogen-bond donors (Lipinski definition) is 0. The Morgan fingerprint density at radius 1 is 1.19 bits per heavy atom. The number of nitrogens with zero attached hydrogens (tertiary/aromatic N) is 2. The molecule has 1 fully saturated rings. The zero-order valence-corrected chi connectivity index (χ0v) is 12.9. The molecule has 5 heteroatoms. The summed E-state index contributed by atoms with van der Waals surface area (Å²) in [5.41, 5.74) is 0.752. The van der Waals surface area contributed by atoms with Gasteiger partial charge in [-0.15, -0.1) is 11.6 Å². The molecule has 0 N–H and O–H groups in total. The van der Waals surface area contributed by atoms with E-state index in [2.05, 4.69) is 4.98 Å². The van der Waals surface area contributed by atoms with Gasteiger partial charge in [0.25, 0.3) is 0 Å². The number of amides is 2. The van der Waals surface area contributed by atoms with Crippen LogP contribution in [0.4, 0.5) is 0 Å². The van der Waals surface area contributed by atoms with Crippen molar-refractivity contribution < 1.29 is 9.59 Å². The van der Waals surface area contributed by atoms with Crippen LogP contribution in [0.2, 0.25) is 0 Å². The highest BCUT2D eigenvalue weighted by Gasteiger charge is 2.37. The Hall–Kier alpha value is -1.42. The van der Waals surface area contributed by atoms with Crippen LogP contribution in [0.15, 0.2) is 24.4 Å². The average Bonchev–Trinajstić information content (AvgIpc) is 2.76. The van der Waals surface area contributed by atoms with Gasteiger partial charge in [0.15, 0.2) is 0 Å². The summed E-state index contributed by atoms with van der Waals surface area (Å²) in [5.74, 6) is 0.440. The normalized spacial score (nSPS) is 18.5. The molecule has 4 nitrogen and oxygen atoms in total. The smallest absolute Gasteiger partial charge is 0.233 e. The van der Waals surface area contributed by atoms with E-state index in [0.717, 1.165) is 37.8 Å². The second-order valence-corrected chi connectivity index (χ2v) is 5.81. The Balaban J connectivity index is 1.82. The van der Waals surface area contributed by atoms with Gasteiger partial charge in [-0.25, -0.2) is 0 Å². The highest BCUT2D eigenvalue weighted by molar-refractivity contribution is 6.17. The van der Waals surface area contributed by atoms with Crippen molar-refractivity contribution in [2.45, 2.75) is 45.1 Å². The molecule has 0 saturated carbocycles. The molecule has 0 radical (unpaired) electrons. The summed E-state index contributed by atoms with van der Waals surface area (Å²) in [6.45, 7) is 0.293. The minimum absolute atomic E-state index is 0.0389. The third-order valence-corrected chi connectivity index (χ3v) is 4.09. The molecule has 2 rings (SSSR count). The van der Waals surface area contributed by atoms with Gasteiger partial charge < -0.3 is 0 Å². The van der Waals surface area contributed by atoms with Crippen molar-refractivity contribution in [3.05, 3.63) is 30.1 Å². The predicted octanol–water partition coefficient (Wildman–Crippen LogP) is 3.15. The van der Waals surface area contributed by atoms with E-state index in [1.807, 2.05) is 18.2 Å². The first-order chi connectivity index (χ1) is 10.2. The van der Waals surface area contributed by atoms with E-state index in [1.54, 1.807) is 6.20 Å². The molecule has 0 bridgehead atoms. The van der Waals surface area contributed by atoms with E-state index in [9.17, 15) is 9.59 Å². The molecule has 2 amide bonds. The number of aromatic nitrogens is 1. The van der Waals surface area contributed by atoms with Crippen molar-refractivity contribution in [3.63, 3.8) is 0 Å². The van der Waals surface area contributed by atoms with Gasteiger partial charge in [-0.05, 0) is 25.0 Å². The van der Waals surface area contributed by atoms with E-state index in [-0.39, 0.29) is 17.7 Å². The molecule has 0 spiro atoms. The number of carbonyl (C=O) groups excluding carboxylic acids is 2. The zero-order valence-electron chi connectivity index (χ0n) is 12.1. The standard InChI is InChI=1S/C16H21ClN2O2/c17-9-5-2-1-3-7-13-11-15(20)19(16(13)21)12-14-8-4-6-10-18-14/h4,6,8,10,13H,1-3,5,7,9,11-12H2. The van der Waals surface area contributed by atoms with Crippen LogP contribution in [-0.2, 0) is 16.1 Å². The molecule has 1 aliphatic rings. The second-order valence-electron chi connectivity index (χ2n) is 5.43. The quantitative estimate of drug-likeness (QED) is 0.421. The Morgan fingerprint density at radius 3 is 2.71 bits per heavy atom. The molecule has 1 atom stereocenters. The van der Waals surface area contributed by atoms with Crippen molar-refractivity contribution in [2.75, 3.05) is 5.88 Å². The first-order valence-corrected chi connectivity index (χ1v) is 8.06. The molecular formula is C16H21ClN2O2. The van der Waals surface area contributed by atoms with E-state index >= 15 is 0 Å². The van der Waals surface area contributed by atoms with Crippen LogP contribution in [0.5, 0.6) is 0 Å². The molecule has 0 aliphatic carbocycles. The molecule has 114 valence electrons. The molecule has 1 aromatic rings. The van der Waals surface area contributed by atoms with Crippen LogP contribution >= 0.6 is 11.6 Å². The summed E-state index contributed by atoms with van der Waals surface area (Å²) in [6.07, 6.45) is 6.99. The SMILES string of the molecule is O=C1CC(CCCCCCCl)C(=O)N1Cc1ccccn1. The second kappa shape index (κ2) is 8.13. The van der Waals surface area contributed by atoms with Crippen molar-refractivity contribution >= 4 is 23.4 Å². The maximum absolute atomic E-state index is 12.3. The maximum atomic E-state index is 12.3. The van der Waals surface area contributed by atoms with Crippen molar-refractivity contribution in [1.29, 1.82) is 0 Å². The van der Waals surface area contributed by atoms with E-state index < -0.39 is 0 Å². The number of alkyl halides is 1. The first-order valence-electron chi connectivity index (χ1n) is 7.52. The number of imide groups is 1. The van der Waals surface area contributed by atoms with Crippen LogP contribution in [0.1, 0.15) is 44.2 Å². The summed E-state index contributed by atoms with van der Waals surface area (Å²) in [4.78, 5) is 29.8. The van der Waals surface area contributed by atoms with Crippen molar-refractivity contribution in [1.82, 2.24) is 9.88 Å². The molecule has 1 unspecified atom stereocenters. The molecule has 2 heterocycles. The largest absolute Gasteiger partial charge is 0.276 e. The third kappa shape index (κ3) is 4.53. The summed E-state index contributed by atoms with van der Waals surface area (Å²) in [5, 5.41) is 0. The molecule has 21 heavy (non-hydrogen) atoms. The minimum Gasteiger partial charge on any atom is -0.276 e. The minimum atomic E-state index is -0.141. The van der Waals surface area contributed by atoms with Gasteiger partial charge >= 0.3 is 0 Å². The van der Waals surface area contributed by atoms with Gasteiger partial charge in [-0.2, -0.15) is 0 Å². The molecule has 1 aromatic heterocycles. The Kier molecular flexibility index (Phi) is 6.18. The number of unbranched alkanes of at least 4 members (excludes halogenated alkanes) is 3. The van der Waals surface area contributed by atoms with Gasteiger partial charge in [-0.1, -0.05) is 25.3 Å². The molecular weight excluding hydrogens is 288 g/mol. The fraction of sp³-hybridized carbons (Fsp3) is 0.562. The lowest BCUT2D eigenvalue weighted by molar-refractivity contribution is -0.140. The van der Waals surface area contributed by atoms with Crippen LogP contribution in [-0.4, -0.2) is 27.6 Å². The Morgan fingerprint density at radius 2 is 2.00 bits per heavy atom. The summed E-state index contributed by atoms with van der Waals surface area (Å²) in [6, 6.07) is 5.52.